The number of benzene rings is 2. The Morgan fingerprint density at radius 2 is 1.60 bits per heavy atom. The summed E-state index contributed by atoms with van der Waals surface area (Å²) in [5.41, 5.74) is 0.690. The zero-order valence-electron chi connectivity index (χ0n) is 32.6. The summed E-state index contributed by atoms with van der Waals surface area (Å²) in [6, 6.07) is 16.5. The normalized spacial score (nSPS) is 29.7. The van der Waals surface area contributed by atoms with Crippen LogP contribution in [0.5, 0.6) is 0 Å². The Labute approximate surface area is 360 Å². The molecule has 10 atom stereocenters. The van der Waals surface area contributed by atoms with E-state index in [2.05, 4.69) is 30.6 Å². The number of phosphoric ester groups is 1. The number of nitrogens with one attached hydrogen (secondary N) is 1. The van der Waals surface area contributed by atoms with Crippen molar-refractivity contribution in [2.24, 2.45) is 0 Å². The van der Waals surface area contributed by atoms with Crippen molar-refractivity contribution in [2.75, 3.05) is 38.9 Å². The highest BCUT2D eigenvalue weighted by Crippen LogP contribution is 2.58. The van der Waals surface area contributed by atoms with Crippen LogP contribution in [-0.2, 0) is 57.7 Å². The molecule has 1 N–H and O–H groups in total. The van der Waals surface area contributed by atoms with Crippen LogP contribution in [0.1, 0.15) is 46.0 Å². The second-order valence-electron chi connectivity index (χ2n) is 13.7. The molecule has 3 saturated heterocycles. The Bertz CT molecular complexity index is 2690. The van der Waals surface area contributed by atoms with Gasteiger partial charge in [-0.05, 0) is 36.1 Å². The zero-order chi connectivity index (χ0) is 44.3. The van der Waals surface area contributed by atoms with Gasteiger partial charge >= 0.3 is 20.5 Å². The van der Waals surface area contributed by atoms with Crippen LogP contribution in [0.3, 0.4) is 0 Å². The summed E-state index contributed by atoms with van der Waals surface area (Å²) in [6.07, 6.45) is -12.3. The molecule has 63 heavy (non-hydrogen) atoms. The third kappa shape index (κ3) is 9.09. The summed E-state index contributed by atoms with van der Waals surface area (Å²) in [5, 5.41) is 29.2. The molecule has 1 amide bonds. The van der Waals surface area contributed by atoms with E-state index in [0.717, 1.165) is 11.0 Å². The number of hydrogen-bond acceptors (Lipinski definition) is 20. The first kappa shape index (κ1) is 44.3. The molecule has 330 valence electrons. The van der Waals surface area contributed by atoms with Crippen LogP contribution in [-0.4, -0.2) is 117 Å². The third-order valence-corrected chi connectivity index (χ3v) is 13.6. The lowest BCUT2D eigenvalue weighted by molar-refractivity contribution is -0.0677. The van der Waals surface area contributed by atoms with Crippen LogP contribution in [0.2, 0.25) is 0 Å². The van der Waals surface area contributed by atoms with Crippen LogP contribution in [0.25, 0.3) is 22.2 Å². The van der Waals surface area contributed by atoms with Crippen molar-refractivity contribution in [1.82, 2.24) is 34.5 Å². The van der Waals surface area contributed by atoms with Gasteiger partial charge in [0.1, 0.15) is 36.3 Å². The molecule has 8 rings (SSSR count). The lowest BCUT2D eigenvalue weighted by atomic mass is 10.1. The molecule has 0 spiro atoms. The van der Waals surface area contributed by atoms with Crippen LogP contribution in [0, 0.1) is 22.7 Å². The highest BCUT2D eigenvalue weighted by atomic mass is 32.5. The lowest BCUT2D eigenvalue weighted by Gasteiger charge is -2.31. The van der Waals surface area contributed by atoms with E-state index in [1.807, 2.05) is 12.1 Å². The van der Waals surface area contributed by atoms with Gasteiger partial charge in [0.15, 0.2) is 41.8 Å². The number of anilines is 1. The molecule has 27 heteroatoms. The molecule has 6 heterocycles. The van der Waals surface area contributed by atoms with Gasteiger partial charge in [-0.3, -0.25) is 27.5 Å². The fourth-order valence-corrected chi connectivity index (χ4v) is 10.4. The molecule has 3 aromatic heterocycles. The SMILES string of the molecule is COC(=O)c1cccc2c1nnn2[C@@H]1O[C@@H]2COP(=O)(OCCC#N)O[C@H]3[C@@H](F)[C@H](n4cnc5c(NC(=O)c6ccccc6)ncnc54)O[C@@H]3COP(=S)(OCCC#N)O[C@H]2[C@H]1F. The van der Waals surface area contributed by atoms with Crippen LogP contribution < -0.4 is 5.32 Å². The number of hydrogen-bond donors (Lipinski definition) is 1. The van der Waals surface area contributed by atoms with Gasteiger partial charge in [-0.2, -0.15) is 10.5 Å². The number of nitriles is 2. The Morgan fingerprint density at radius 3 is 2.35 bits per heavy atom. The van der Waals surface area contributed by atoms with Crippen molar-refractivity contribution in [2.45, 2.75) is 62.1 Å². The van der Waals surface area contributed by atoms with Crippen molar-refractivity contribution in [1.29, 1.82) is 10.5 Å². The second-order valence-corrected chi connectivity index (χ2v) is 18.3. The number of methoxy groups -OCH3 is 1. The third-order valence-electron chi connectivity index (χ3n) is 9.81. The van der Waals surface area contributed by atoms with Crippen molar-refractivity contribution in [3.63, 3.8) is 0 Å². The first-order chi connectivity index (χ1) is 30.5. The van der Waals surface area contributed by atoms with E-state index in [1.54, 1.807) is 30.3 Å². The molecule has 5 aromatic rings. The van der Waals surface area contributed by atoms with E-state index in [9.17, 15) is 24.7 Å². The molecule has 2 aromatic carbocycles. The number of alkyl halides is 2. The van der Waals surface area contributed by atoms with E-state index in [-0.39, 0.29) is 53.0 Å². The minimum absolute atomic E-state index is 0.00681. The minimum Gasteiger partial charge on any atom is -0.465 e. The van der Waals surface area contributed by atoms with E-state index in [1.165, 1.54) is 36.2 Å². The number of fused-ring (bicyclic) bond motifs is 4. The number of halogens is 2. The maximum atomic E-state index is 17.0. The summed E-state index contributed by atoms with van der Waals surface area (Å²) >= 11 is 5.73. The first-order valence-electron chi connectivity index (χ1n) is 18.9. The monoisotopic (exact) mass is 930 g/mol. The van der Waals surface area contributed by atoms with Crippen molar-refractivity contribution >= 4 is 66.2 Å². The molecule has 3 aliphatic rings. The quantitative estimate of drug-likeness (QED) is 0.106. The number of phosphoric acid groups is 1. The van der Waals surface area contributed by atoms with Crippen LogP contribution in [0.4, 0.5) is 14.6 Å². The number of amides is 1. The number of carbonyl (C=O) groups is 2. The second kappa shape index (κ2) is 18.8. The van der Waals surface area contributed by atoms with Crippen LogP contribution >= 0.6 is 14.5 Å². The van der Waals surface area contributed by atoms with Gasteiger partial charge in [0.05, 0.1) is 75.9 Å². The van der Waals surface area contributed by atoms with Gasteiger partial charge in [-0.25, -0.2) is 37.8 Å². The average molecular weight is 931 g/mol. The largest absolute Gasteiger partial charge is 0.475 e. The number of aromatic nitrogens is 7. The molecule has 2 unspecified atom stereocenters. The van der Waals surface area contributed by atoms with Crippen LogP contribution in [0.15, 0.2) is 61.2 Å². The van der Waals surface area contributed by atoms with E-state index < -0.39 is 95.5 Å². The zero-order valence-corrected chi connectivity index (χ0v) is 35.2. The highest BCUT2D eigenvalue weighted by Gasteiger charge is 2.55. The number of imidazole rings is 1. The van der Waals surface area contributed by atoms with Gasteiger partial charge in [-0.1, -0.05) is 29.5 Å². The molecule has 0 saturated carbocycles. The Kier molecular flexibility index (Phi) is 13.3. The van der Waals surface area contributed by atoms with Gasteiger partial charge < -0.3 is 28.6 Å². The molecule has 0 radical (unpaired) electrons. The van der Waals surface area contributed by atoms with E-state index in [0.29, 0.717) is 5.56 Å². The number of nitrogens with zero attached hydrogens (tertiary/aromatic N) is 9. The van der Waals surface area contributed by atoms with Crippen molar-refractivity contribution in [3.8, 4) is 12.1 Å². The summed E-state index contributed by atoms with van der Waals surface area (Å²) in [7, 11) is -3.74. The average Bonchev–Trinajstić information content (AvgIpc) is 4.06. The van der Waals surface area contributed by atoms with Crippen molar-refractivity contribution < 1.29 is 64.3 Å². The van der Waals surface area contributed by atoms with Gasteiger partial charge in [0.2, 0.25) is 0 Å². The molecule has 22 nitrogen and oxygen atoms in total. The summed E-state index contributed by atoms with van der Waals surface area (Å²) < 4.78 is 102. The number of ether oxygens (including phenoxy) is 3. The summed E-state index contributed by atoms with van der Waals surface area (Å²) in [4.78, 5) is 38.1. The number of rotatable bonds is 11. The molecule has 0 aliphatic carbocycles. The number of carbonyl (C=O) groups excluding carboxylic acids is 2. The van der Waals surface area contributed by atoms with Gasteiger partial charge in [-0.15, -0.1) is 5.10 Å². The van der Waals surface area contributed by atoms with Gasteiger partial charge in [0, 0.05) is 5.56 Å². The summed E-state index contributed by atoms with van der Waals surface area (Å²) in [6.45, 7) is -6.45. The smallest absolute Gasteiger partial charge is 0.465 e. The molecule has 3 aliphatic heterocycles. The maximum Gasteiger partial charge on any atom is 0.475 e. The fraction of sp³-hybridized carbons (Fsp3) is 0.417. The van der Waals surface area contributed by atoms with Gasteiger partial charge in [0.25, 0.3) is 5.91 Å². The molecular formula is C36H34F2N10O12P2S. The predicted molar refractivity (Wildman–Crippen MR) is 212 cm³/mol. The number of esters is 1. The lowest BCUT2D eigenvalue weighted by Crippen LogP contribution is -2.37. The molecule has 0 bridgehead atoms. The summed E-state index contributed by atoms with van der Waals surface area (Å²) in [5.74, 6) is -1.22. The fourth-order valence-electron chi connectivity index (χ4n) is 6.88. The minimum atomic E-state index is -4.92. The highest BCUT2D eigenvalue weighted by molar-refractivity contribution is 8.07. The van der Waals surface area contributed by atoms with E-state index >= 15 is 8.78 Å². The first-order valence-corrected chi connectivity index (χ1v) is 22.9. The van der Waals surface area contributed by atoms with E-state index in [4.69, 9.17) is 53.2 Å². The maximum absolute atomic E-state index is 17.0. The standard InChI is InChI=1S/C36H34F2N10O12P2S/c1-52-36(50)21-10-5-11-22-27(21)45-46-48(22)35-26(38)30-23(58-35)16-55-61(51,53-14-6-12-39)59-29-24(17-56-62(63,60-30)54-15-7-13-40)57-34(25(29)37)47-19-43-28-31(41-18-42-32(28)47)44-33(49)20-8-3-2-4-9-20/h2-5,8-11,18-19,23-26,29-30,34-35H,6-7,14-17H2,1H3,(H,41,42,44,49)/t23-,24-,25-,26-,29-,30-,34-,35-,61?,62?/m1/s1. The topological polar surface area (TPSA) is 268 Å². The Hall–Kier alpha value is -5.27. The van der Waals surface area contributed by atoms with Crippen molar-refractivity contribution in [3.05, 3.63) is 72.3 Å². The molecule has 3 fully saturated rings. The predicted octanol–water partition coefficient (Wildman–Crippen LogP) is 4.79. The molecular weight excluding hydrogens is 896 g/mol. The Morgan fingerprint density at radius 1 is 0.905 bits per heavy atom. The Balaban J connectivity index is 1.11.